The fraction of sp³-hybridized carbons (Fsp3) is 0.583. The normalized spacial score (nSPS) is 19.5. The number of aliphatic hydroxyl groups excluding tert-OH is 1. The lowest BCUT2D eigenvalue weighted by Crippen LogP contribution is -2.37. The van der Waals surface area contributed by atoms with E-state index >= 15 is 0 Å². The van der Waals surface area contributed by atoms with Crippen LogP contribution < -0.4 is 0 Å². The Morgan fingerprint density at radius 1 is 1.65 bits per heavy atom. The third kappa shape index (κ3) is 3.28. The summed E-state index contributed by atoms with van der Waals surface area (Å²) in [6.07, 6.45) is 0.797. The summed E-state index contributed by atoms with van der Waals surface area (Å²) in [5.74, 6) is 0.0754. The van der Waals surface area contributed by atoms with E-state index in [0.29, 0.717) is 26.3 Å². The van der Waals surface area contributed by atoms with Crippen LogP contribution in [0.25, 0.3) is 0 Å². The average Bonchev–Trinajstić information content (AvgIpc) is 3.00. The molecular formula is C12H17NO3S. The quantitative estimate of drug-likeness (QED) is 0.857. The second-order valence-corrected chi connectivity index (χ2v) is 5.16. The van der Waals surface area contributed by atoms with E-state index in [9.17, 15) is 4.79 Å². The van der Waals surface area contributed by atoms with Gasteiger partial charge in [-0.05, 0) is 17.9 Å². The van der Waals surface area contributed by atoms with Crippen molar-refractivity contribution in [1.82, 2.24) is 4.90 Å². The van der Waals surface area contributed by atoms with Gasteiger partial charge in [-0.2, -0.15) is 0 Å². The van der Waals surface area contributed by atoms with Crippen molar-refractivity contribution in [2.45, 2.75) is 13.0 Å². The van der Waals surface area contributed by atoms with Crippen LogP contribution in [0, 0.1) is 5.92 Å². The first-order valence-electron chi connectivity index (χ1n) is 5.81. The molecule has 94 valence electrons. The number of hydrogen-bond acceptors (Lipinski definition) is 4. The number of hydrogen-bond donors (Lipinski definition) is 1. The maximum Gasteiger partial charge on any atom is 0.228 e. The zero-order valence-electron chi connectivity index (χ0n) is 9.67. The van der Waals surface area contributed by atoms with Crippen molar-refractivity contribution in [3.8, 4) is 0 Å². The molecule has 0 aromatic carbocycles. The van der Waals surface area contributed by atoms with Crippen LogP contribution in [0.1, 0.15) is 11.3 Å². The van der Waals surface area contributed by atoms with Crippen LogP contribution in [0.2, 0.25) is 0 Å². The molecule has 1 saturated heterocycles. The fourth-order valence-corrected chi connectivity index (χ4v) is 2.69. The van der Waals surface area contributed by atoms with Crippen LogP contribution in [-0.2, 0) is 16.1 Å². The van der Waals surface area contributed by atoms with Gasteiger partial charge in [-0.3, -0.25) is 4.79 Å². The summed E-state index contributed by atoms with van der Waals surface area (Å²) in [7, 11) is 0. The summed E-state index contributed by atoms with van der Waals surface area (Å²) in [6, 6.07) is 3.98. The molecule has 1 aliphatic rings. The van der Waals surface area contributed by atoms with Crippen molar-refractivity contribution in [3.63, 3.8) is 0 Å². The number of carbonyl (C=O) groups excluding carboxylic acids is 1. The summed E-state index contributed by atoms with van der Waals surface area (Å²) in [5.41, 5.74) is 0. The van der Waals surface area contributed by atoms with Crippen LogP contribution in [0.4, 0.5) is 0 Å². The van der Waals surface area contributed by atoms with Crippen molar-refractivity contribution in [1.29, 1.82) is 0 Å². The van der Waals surface area contributed by atoms with Crippen molar-refractivity contribution in [2.24, 2.45) is 5.92 Å². The number of thiophene rings is 1. The first-order valence-corrected chi connectivity index (χ1v) is 6.69. The first kappa shape index (κ1) is 12.5. The molecule has 4 nitrogen and oxygen atoms in total. The van der Waals surface area contributed by atoms with Gasteiger partial charge < -0.3 is 14.7 Å². The predicted octanol–water partition coefficient (Wildman–Crippen LogP) is 1.11. The van der Waals surface area contributed by atoms with E-state index in [1.165, 1.54) is 0 Å². The van der Waals surface area contributed by atoms with Crippen LogP contribution in [-0.4, -0.2) is 42.3 Å². The molecule has 0 radical (unpaired) electrons. The van der Waals surface area contributed by atoms with Crippen molar-refractivity contribution < 1.29 is 14.6 Å². The molecule has 0 saturated carbocycles. The molecular weight excluding hydrogens is 238 g/mol. The summed E-state index contributed by atoms with van der Waals surface area (Å²) in [6.45, 7) is 2.18. The first-order chi connectivity index (χ1) is 8.31. The minimum atomic E-state index is -0.0264. The molecule has 2 rings (SSSR count). The van der Waals surface area contributed by atoms with Crippen molar-refractivity contribution in [3.05, 3.63) is 22.4 Å². The van der Waals surface area contributed by atoms with Crippen LogP contribution >= 0.6 is 11.3 Å². The third-order valence-electron chi connectivity index (χ3n) is 2.89. The van der Waals surface area contributed by atoms with Gasteiger partial charge in [0.05, 0.1) is 25.7 Å². The molecule has 17 heavy (non-hydrogen) atoms. The molecule has 0 spiro atoms. The van der Waals surface area contributed by atoms with Crippen LogP contribution in [0.3, 0.4) is 0 Å². The molecule has 1 amide bonds. The largest absolute Gasteiger partial charge is 0.395 e. The van der Waals surface area contributed by atoms with Gasteiger partial charge in [0.1, 0.15) is 0 Å². The van der Waals surface area contributed by atoms with Gasteiger partial charge in [-0.25, -0.2) is 0 Å². The number of ether oxygens (including phenoxy) is 1. The SMILES string of the molecule is O=C(C1CCOC1)N(CCO)Cc1cccs1. The molecule has 2 heterocycles. The highest BCUT2D eigenvalue weighted by molar-refractivity contribution is 7.09. The Kier molecular flexibility index (Phi) is 4.53. The third-order valence-corrected chi connectivity index (χ3v) is 3.75. The maximum absolute atomic E-state index is 12.2. The minimum absolute atomic E-state index is 0.00466. The molecule has 5 heteroatoms. The number of amides is 1. The Morgan fingerprint density at radius 2 is 2.53 bits per heavy atom. The topological polar surface area (TPSA) is 49.8 Å². The van der Waals surface area contributed by atoms with E-state index in [0.717, 1.165) is 11.3 Å². The van der Waals surface area contributed by atoms with E-state index < -0.39 is 0 Å². The van der Waals surface area contributed by atoms with Gasteiger partial charge in [0.2, 0.25) is 5.91 Å². The molecule has 1 fully saturated rings. The van der Waals surface area contributed by atoms with Gasteiger partial charge in [0.25, 0.3) is 0 Å². The van der Waals surface area contributed by atoms with Crippen LogP contribution in [0.5, 0.6) is 0 Å². The molecule has 0 aliphatic carbocycles. The highest BCUT2D eigenvalue weighted by Crippen LogP contribution is 2.18. The lowest BCUT2D eigenvalue weighted by molar-refractivity contribution is -0.136. The molecule has 1 unspecified atom stereocenters. The summed E-state index contributed by atoms with van der Waals surface area (Å²) >= 11 is 1.63. The Morgan fingerprint density at radius 3 is 3.12 bits per heavy atom. The second-order valence-electron chi connectivity index (χ2n) is 4.12. The van der Waals surface area contributed by atoms with Crippen molar-refractivity contribution in [2.75, 3.05) is 26.4 Å². The van der Waals surface area contributed by atoms with Gasteiger partial charge in [-0.1, -0.05) is 6.07 Å². The van der Waals surface area contributed by atoms with Crippen LogP contribution in [0.15, 0.2) is 17.5 Å². The van der Waals surface area contributed by atoms with E-state index in [2.05, 4.69) is 0 Å². The monoisotopic (exact) mass is 255 g/mol. The number of nitrogens with zero attached hydrogens (tertiary/aromatic N) is 1. The van der Waals surface area contributed by atoms with Gasteiger partial charge in [-0.15, -0.1) is 11.3 Å². The lowest BCUT2D eigenvalue weighted by Gasteiger charge is -2.23. The number of carbonyl (C=O) groups is 1. The zero-order valence-corrected chi connectivity index (χ0v) is 10.5. The average molecular weight is 255 g/mol. The molecule has 0 bridgehead atoms. The van der Waals surface area contributed by atoms with E-state index in [1.54, 1.807) is 16.2 Å². The van der Waals surface area contributed by atoms with E-state index in [-0.39, 0.29) is 18.4 Å². The number of rotatable bonds is 5. The summed E-state index contributed by atoms with van der Waals surface area (Å²) < 4.78 is 5.23. The molecule has 1 aliphatic heterocycles. The van der Waals surface area contributed by atoms with Gasteiger partial charge in [0.15, 0.2) is 0 Å². The summed E-state index contributed by atoms with van der Waals surface area (Å²) in [5, 5.41) is 11.0. The minimum Gasteiger partial charge on any atom is -0.395 e. The standard InChI is InChI=1S/C12H17NO3S/c14-5-4-13(8-11-2-1-7-17-11)12(15)10-3-6-16-9-10/h1-2,7,10,14H,3-6,8-9H2. The van der Waals surface area contributed by atoms with Gasteiger partial charge >= 0.3 is 0 Å². The summed E-state index contributed by atoms with van der Waals surface area (Å²) in [4.78, 5) is 15.1. The lowest BCUT2D eigenvalue weighted by atomic mass is 10.1. The van der Waals surface area contributed by atoms with Gasteiger partial charge in [0, 0.05) is 18.0 Å². The smallest absolute Gasteiger partial charge is 0.228 e. The Hall–Kier alpha value is -0.910. The van der Waals surface area contributed by atoms with E-state index in [4.69, 9.17) is 9.84 Å². The Balaban J connectivity index is 1.97. The highest BCUT2D eigenvalue weighted by atomic mass is 32.1. The molecule has 1 atom stereocenters. The number of aliphatic hydroxyl groups is 1. The Labute approximate surface area is 105 Å². The maximum atomic E-state index is 12.2. The highest BCUT2D eigenvalue weighted by Gasteiger charge is 2.27. The predicted molar refractivity (Wildman–Crippen MR) is 65.7 cm³/mol. The Bertz CT molecular complexity index is 347. The van der Waals surface area contributed by atoms with E-state index in [1.807, 2.05) is 17.5 Å². The zero-order chi connectivity index (χ0) is 12.1. The van der Waals surface area contributed by atoms with Crippen molar-refractivity contribution >= 4 is 17.2 Å². The molecule has 1 N–H and O–H groups in total. The second kappa shape index (κ2) is 6.14. The molecule has 1 aromatic heterocycles. The molecule has 1 aromatic rings. The fourth-order valence-electron chi connectivity index (χ4n) is 1.97.